The van der Waals surface area contributed by atoms with Gasteiger partial charge in [-0.15, -0.1) is 0 Å². The van der Waals surface area contributed by atoms with Crippen LogP contribution in [-0.2, 0) is 16.4 Å². The molecule has 2 aromatic heterocycles. The third-order valence-electron chi connectivity index (χ3n) is 5.60. The van der Waals surface area contributed by atoms with Gasteiger partial charge in [0.05, 0.1) is 28.3 Å². The maximum absolute atomic E-state index is 12.5. The van der Waals surface area contributed by atoms with E-state index >= 15 is 0 Å². The Bertz CT molecular complexity index is 1210. The summed E-state index contributed by atoms with van der Waals surface area (Å²) < 4.78 is 25.0. The zero-order valence-electron chi connectivity index (χ0n) is 18.4. The highest BCUT2D eigenvalue weighted by molar-refractivity contribution is 7.90. The zero-order chi connectivity index (χ0) is 22.2. The van der Waals surface area contributed by atoms with Crippen molar-refractivity contribution in [3.05, 3.63) is 48.0 Å². The van der Waals surface area contributed by atoms with E-state index in [0.717, 1.165) is 43.1 Å². The van der Waals surface area contributed by atoms with Gasteiger partial charge in [-0.05, 0) is 26.1 Å². The van der Waals surface area contributed by atoms with E-state index in [1.165, 1.54) is 6.26 Å². The number of hydrogen-bond donors (Lipinski definition) is 0. The standard InChI is InChI=1S/C22H28N6O2S/c1-16-24-18(14-20(25-16)28-12-10-26(2)11-13-28)15-27(3)22-19(31(4,29)30)8-7-17-6-5-9-23-21(17)22/h5-9,14H,10-13,15H2,1-4H3. The van der Waals surface area contributed by atoms with Gasteiger partial charge in [0.2, 0.25) is 0 Å². The topological polar surface area (TPSA) is 82.5 Å². The van der Waals surface area contributed by atoms with Gasteiger partial charge in [-0.2, -0.15) is 0 Å². The number of likely N-dealkylation sites (N-methyl/N-ethyl adjacent to an activating group) is 1. The second-order valence-corrected chi connectivity index (χ2v) is 10.2. The smallest absolute Gasteiger partial charge is 0.177 e. The van der Waals surface area contributed by atoms with Gasteiger partial charge in [0.15, 0.2) is 9.84 Å². The molecule has 0 atom stereocenters. The van der Waals surface area contributed by atoms with Crippen molar-refractivity contribution in [1.29, 1.82) is 0 Å². The molecular formula is C22H28N6O2S. The van der Waals surface area contributed by atoms with Crippen LogP contribution >= 0.6 is 0 Å². The lowest BCUT2D eigenvalue weighted by molar-refractivity contribution is 0.312. The molecule has 3 aromatic rings. The molecule has 164 valence electrons. The number of aromatic nitrogens is 3. The van der Waals surface area contributed by atoms with E-state index in [9.17, 15) is 8.42 Å². The van der Waals surface area contributed by atoms with Crippen molar-refractivity contribution in [2.75, 3.05) is 56.3 Å². The van der Waals surface area contributed by atoms with E-state index < -0.39 is 9.84 Å². The summed E-state index contributed by atoms with van der Waals surface area (Å²) in [5, 5.41) is 0.897. The Kier molecular flexibility index (Phi) is 5.81. The number of aryl methyl sites for hydroxylation is 1. The summed E-state index contributed by atoms with van der Waals surface area (Å²) >= 11 is 0. The van der Waals surface area contributed by atoms with Crippen LogP contribution in [0, 0.1) is 6.92 Å². The van der Waals surface area contributed by atoms with Gasteiger partial charge in [0.1, 0.15) is 11.6 Å². The van der Waals surface area contributed by atoms with Gasteiger partial charge in [0.25, 0.3) is 0 Å². The third kappa shape index (κ3) is 4.62. The first-order chi connectivity index (χ1) is 14.7. The highest BCUT2D eigenvalue weighted by Gasteiger charge is 2.22. The number of sulfone groups is 1. The Morgan fingerprint density at radius 2 is 1.84 bits per heavy atom. The van der Waals surface area contributed by atoms with E-state index in [0.29, 0.717) is 23.6 Å². The molecule has 0 unspecified atom stereocenters. The summed E-state index contributed by atoms with van der Waals surface area (Å²) in [6.45, 7) is 6.18. The molecule has 0 amide bonds. The van der Waals surface area contributed by atoms with Crippen molar-refractivity contribution >= 4 is 32.2 Å². The first kappa shape index (κ1) is 21.5. The average molecular weight is 441 g/mol. The Balaban J connectivity index is 1.70. The number of anilines is 2. The molecule has 1 aliphatic rings. The number of pyridine rings is 1. The maximum atomic E-state index is 12.5. The van der Waals surface area contributed by atoms with Crippen LogP contribution < -0.4 is 9.80 Å². The number of hydrogen-bond acceptors (Lipinski definition) is 8. The summed E-state index contributed by atoms with van der Waals surface area (Å²) in [4.78, 5) is 20.5. The molecule has 0 N–H and O–H groups in total. The summed E-state index contributed by atoms with van der Waals surface area (Å²) in [6, 6.07) is 9.25. The quantitative estimate of drug-likeness (QED) is 0.597. The van der Waals surface area contributed by atoms with Gasteiger partial charge in [-0.25, -0.2) is 18.4 Å². The lowest BCUT2D eigenvalue weighted by Gasteiger charge is -2.33. The number of nitrogens with zero attached hydrogens (tertiary/aromatic N) is 6. The van der Waals surface area contributed by atoms with Gasteiger partial charge in [-0.3, -0.25) is 4.98 Å². The first-order valence-corrected chi connectivity index (χ1v) is 12.2. The maximum Gasteiger partial charge on any atom is 0.177 e. The van der Waals surface area contributed by atoms with Gasteiger partial charge >= 0.3 is 0 Å². The van der Waals surface area contributed by atoms with Crippen LogP contribution in [0.1, 0.15) is 11.5 Å². The second kappa shape index (κ2) is 8.39. The van der Waals surface area contributed by atoms with Crippen LogP contribution in [0.4, 0.5) is 11.5 Å². The molecule has 1 saturated heterocycles. The largest absolute Gasteiger partial charge is 0.366 e. The van der Waals surface area contributed by atoms with Crippen LogP contribution in [0.5, 0.6) is 0 Å². The number of fused-ring (bicyclic) bond motifs is 1. The molecule has 3 heterocycles. The Hall–Kier alpha value is -2.78. The molecule has 31 heavy (non-hydrogen) atoms. The van der Waals surface area contributed by atoms with Crippen LogP contribution in [0.25, 0.3) is 10.9 Å². The fraction of sp³-hybridized carbons (Fsp3) is 0.409. The van der Waals surface area contributed by atoms with Crippen molar-refractivity contribution < 1.29 is 8.42 Å². The molecule has 0 radical (unpaired) electrons. The summed E-state index contributed by atoms with van der Waals surface area (Å²) in [6.07, 6.45) is 2.92. The lowest BCUT2D eigenvalue weighted by Crippen LogP contribution is -2.45. The summed E-state index contributed by atoms with van der Waals surface area (Å²) in [5.41, 5.74) is 2.10. The van der Waals surface area contributed by atoms with Gasteiger partial charge in [0, 0.05) is 57.1 Å². The van der Waals surface area contributed by atoms with Crippen LogP contribution in [0.2, 0.25) is 0 Å². The molecule has 1 aliphatic heterocycles. The summed E-state index contributed by atoms with van der Waals surface area (Å²) in [5.74, 6) is 1.63. The predicted molar refractivity (Wildman–Crippen MR) is 123 cm³/mol. The predicted octanol–water partition coefficient (Wildman–Crippen LogP) is 2.12. The molecule has 0 aliphatic carbocycles. The second-order valence-electron chi connectivity index (χ2n) is 8.17. The van der Waals surface area contributed by atoms with Gasteiger partial charge < -0.3 is 14.7 Å². The third-order valence-corrected chi connectivity index (χ3v) is 6.72. The monoisotopic (exact) mass is 440 g/mol. The van der Waals surface area contributed by atoms with E-state index in [4.69, 9.17) is 0 Å². The van der Waals surface area contributed by atoms with E-state index in [1.807, 2.05) is 37.1 Å². The SMILES string of the molecule is Cc1nc(CN(C)c2c(S(C)(=O)=O)ccc3cccnc23)cc(N2CCN(C)CC2)n1. The molecule has 4 rings (SSSR count). The average Bonchev–Trinajstić information content (AvgIpc) is 2.72. The zero-order valence-corrected chi connectivity index (χ0v) is 19.2. The highest BCUT2D eigenvalue weighted by atomic mass is 32.2. The molecule has 0 bridgehead atoms. The molecule has 8 nitrogen and oxygen atoms in total. The number of benzene rings is 1. The fourth-order valence-corrected chi connectivity index (χ4v) is 4.91. The molecule has 0 saturated carbocycles. The van der Waals surface area contributed by atoms with Crippen molar-refractivity contribution in [2.24, 2.45) is 0 Å². The molecule has 9 heteroatoms. The minimum atomic E-state index is -3.43. The summed E-state index contributed by atoms with van der Waals surface area (Å²) in [7, 11) is 0.577. The van der Waals surface area contributed by atoms with Gasteiger partial charge in [-0.1, -0.05) is 12.1 Å². The molecule has 1 fully saturated rings. The van der Waals surface area contributed by atoms with Crippen LogP contribution in [-0.4, -0.2) is 74.8 Å². The van der Waals surface area contributed by atoms with Crippen molar-refractivity contribution in [2.45, 2.75) is 18.4 Å². The molecule has 1 aromatic carbocycles. The lowest BCUT2D eigenvalue weighted by atomic mass is 10.1. The van der Waals surface area contributed by atoms with Crippen molar-refractivity contribution in [3.8, 4) is 0 Å². The Labute approximate surface area is 183 Å². The number of rotatable bonds is 5. The molecule has 0 spiro atoms. The van der Waals surface area contributed by atoms with E-state index in [2.05, 4.69) is 31.8 Å². The normalized spacial score (nSPS) is 15.4. The van der Waals surface area contributed by atoms with Crippen LogP contribution in [0.15, 0.2) is 41.4 Å². The number of piperazine rings is 1. The molecular weight excluding hydrogens is 412 g/mol. The fourth-order valence-electron chi connectivity index (χ4n) is 3.99. The Morgan fingerprint density at radius 1 is 1.10 bits per heavy atom. The minimum absolute atomic E-state index is 0.270. The van der Waals surface area contributed by atoms with Crippen molar-refractivity contribution in [1.82, 2.24) is 19.9 Å². The Morgan fingerprint density at radius 3 is 2.55 bits per heavy atom. The van der Waals surface area contributed by atoms with E-state index in [-0.39, 0.29) is 4.90 Å². The van der Waals surface area contributed by atoms with Crippen LogP contribution in [0.3, 0.4) is 0 Å². The van der Waals surface area contributed by atoms with Crippen molar-refractivity contribution in [3.63, 3.8) is 0 Å². The highest BCUT2D eigenvalue weighted by Crippen LogP contribution is 2.33. The first-order valence-electron chi connectivity index (χ1n) is 10.3. The van der Waals surface area contributed by atoms with E-state index in [1.54, 1.807) is 18.3 Å². The minimum Gasteiger partial charge on any atom is -0.366 e.